The van der Waals surface area contributed by atoms with Crippen molar-refractivity contribution in [3.63, 3.8) is 0 Å². The minimum absolute atomic E-state index is 0.132. The molecule has 0 saturated carbocycles. The van der Waals surface area contributed by atoms with Gasteiger partial charge in [-0.15, -0.1) is 0 Å². The molecule has 1 aromatic carbocycles. The van der Waals surface area contributed by atoms with Gasteiger partial charge < -0.3 is 23.8 Å². The predicted molar refractivity (Wildman–Crippen MR) is 165 cm³/mol. The summed E-state index contributed by atoms with van der Waals surface area (Å²) in [6.07, 6.45) is 5.29. The molecule has 1 amide bonds. The van der Waals surface area contributed by atoms with Crippen molar-refractivity contribution in [1.82, 2.24) is 9.97 Å². The van der Waals surface area contributed by atoms with Crippen molar-refractivity contribution in [3.8, 4) is 11.8 Å². The standard InChI is InChI=1S/C30H33ClN5O6P/c1-4-39-28-15-25-23(14-26(28)36-29(37)19-43(38,41-5-2)42-6-3)30(20(16-32)17-34-25)35-21-10-11-27(24(31)13-21)40-18-22-9-7-8-12-33-22/h7-9,12-15,17,27H,4-6,10-11,18-19H2,1-3H3,(H,36,37). The number of ether oxygens (including phenoxy) is 2. The lowest BCUT2D eigenvalue weighted by Gasteiger charge is -2.22. The number of carbonyl (C=O) groups excluding carboxylic acids is 1. The number of nitrogens with zero attached hydrogens (tertiary/aromatic N) is 4. The van der Waals surface area contributed by atoms with Gasteiger partial charge in [-0.25, -0.2) is 0 Å². The molecule has 0 bridgehead atoms. The van der Waals surface area contributed by atoms with Crippen molar-refractivity contribution in [3.05, 3.63) is 65.1 Å². The second-order valence-electron chi connectivity index (χ2n) is 9.38. The minimum Gasteiger partial charge on any atom is -0.492 e. The molecule has 0 radical (unpaired) electrons. The lowest BCUT2D eigenvalue weighted by molar-refractivity contribution is -0.114. The van der Waals surface area contributed by atoms with Crippen molar-refractivity contribution in [2.24, 2.45) is 4.99 Å². The van der Waals surface area contributed by atoms with E-state index in [9.17, 15) is 14.6 Å². The Hall–Kier alpha value is -3.65. The fourth-order valence-electron chi connectivity index (χ4n) is 4.47. The SMILES string of the molecule is CCOc1cc2ncc(C#N)c(N=C3C=C(Cl)C(OCc4ccccn4)CC3)c2cc1NC(=O)CP(=O)(OCC)OCC. The molecule has 2 aromatic heterocycles. The van der Waals surface area contributed by atoms with Crippen molar-refractivity contribution in [2.75, 3.05) is 31.3 Å². The van der Waals surface area contributed by atoms with Crippen LogP contribution in [0.1, 0.15) is 44.9 Å². The van der Waals surface area contributed by atoms with Crippen LogP contribution in [0.5, 0.6) is 5.75 Å². The molecule has 1 aliphatic carbocycles. The molecule has 0 saturated heterocycles. The largest absolute Gasteiger partial charge is 0.492 e. The number of hydrogen-bond acceptors (Lipinski definition) is 10. The van der Waals surface area contributed by atoms with Gasteiger partial charge in [-0.1, -0.05) is 17.7 Å². The number of rotatable bonds is 13. The summed E-state index contributed by atoms with van der Waals surface area (Å²) in [6.45, 7) is 6.07. The number of aliphatic imine (C=N–C) groups is 1. The first-order chi connectivity index (χ1) is 20.8. The third kappa shape index (κ3) is 8.47. The van der Waals surface area contributed by atoms with Gasteiger partial charge in [0.15, 0.2) is 0 Å². The fraction of sp³-hybridized carbons (Fsp3) is 0.367. The number of nitriles is 1. The number of anilines is 1. The number of amides is 1. The average molecular weight is 626 g/mol. The number of pyridine rings is 2. The van der Waals surface area contributed by atoms with Gasteiger partial charge in [0.2, 0.25) is 5.91 Å². The van der Waals surface area contributed by atoms with E-state index in [1.54, 1.807) is 38.3 Å². The normalized spacial score (nSPS) is 16.1. The third-order valence-corrected chi connectivity index (χ3v) is 8.64. The number of nitrogens with one attached hydrogen (secondary N) is 1. The molecular weight excluding hydrogens is 593 g/mol. The number of benzene rings is 1. The van der Waals surface area contributed by atoms with Gasteiger partial charge in [0.05, 0.1) is 60.7 Å². The molecule has 0 aliphatic heterocycles. The number of hydrogen-bond donors (Lipinski definition) is 1. The zero-order valence-corrected chi connectivity index (χ0v) is 25.9. The van der Waals surface area contributed by atoms with E-state index in [2.05, 4.69) is 21.4 Å². The van der Waals surface area contributed by atoms with Crippen molar-refractivity contribution < 1.29 is 27.9 Å². The molecule has 1 aliphatic rings. The molecule has 226 valence electrons. The van der Waals surface area contributed by atoms with E-state index in [-0.39, 0.29) is 24.9 Å². The molecule has 43 heavy (non-hydrogen) atoms. The summed E-state index contributed by atoms with van der Waals surface area (Å²) in [5, 5.41) is 13.7. The Labute approximate surface area is 255 Å². The zero-order chi connectivity index (χ0) is 30.8. The van der Waals surface area contributed by atoms with Crippen molar-refractivity contribution in [2.45, 2.75) is 46.3 Å². The molecule has 0 fully saturated rings. The maximum atomic E-state index is 13.0. The van der Waals surface area contributed by atoms with E-state index in [1.165, 1.54) is 6.20 Å². The molecule has 3 aromatic rings. The molecule has 0 spiro atoms. The Morgan fingerprint density at radius 1 is 1.19 bits per heavy atom. The lowest BCUT2D eigenvalue weighted by atomic mass is 10.0. The first-order valence-electron chi connectivity index (χ1n) is 13.9. The number of fused-ring (bicyclic) bond motifs is 1. The van der Waals surface area contributed by atoms with Gasteiger partial charge in [0.25, 0.3) is 0 Å². The van der Waals surface area contributed by atoms with Crippen LogP contribution in [-0.2, 0) is 29.8 Å². The first kappa shape index (κ1) is 32.3. The first-order valence-corrected chi connectivity index (χ1v) is 16.0. The highest BCUT2D eigenvalue weighted by molar-refractivity contribution is 7.54. The summed E-state index contributed by atoms with van der Waals surface area (Å²) in [4.78, 5) is 26.5. The topological polar surface area (TPSA) is 145 Å². The number of halogens is 1. The predicted octanol–water partition coefficient (Wildman–Crippen LogP) is 6.68. The summed E-state index contributed by atoms with van der Waals surface area (Å²) in [5.74, 6) is -0.225. The average Bonchev–Trinajstić information content (AvgIpc) is 2.98. The highest BCUT2D eigenvalue weighted by Crippen LogP contribution is 2.48. The quantitative estimate of drug-likeness (QED) is 0.206. The third-order valence-electron chi connectivity index (χ3n) is 6.31. The van der Waals surface area contributed by atoms with Crippen LogP contribution in [0.25, 0.3) is 10.9 Å². The molecule has 11 nitrogen and oxygen atoms in total. The summed E-state index contributed by atoms with van der Waals surface area (Å²) >= 11 is 6.59. The maximum absolute atomic E-state index is 13.0. The van der Waals surface area contributed by atoms with E-state index >= 15 is 0 Å². The maximum Gasteiger partial charge on any atom is 0.340 e. The van der Waals surface area contributed by atoms with Crippen LogP contribution in [0.4, 0.5) is 11.4 Å². The molecule has 4 rings (SSSR count). The van der Waals surface area contributed by atoms with E-state index in [4.69, 9.17) is 35.1 Å². The van der Waals surface area contributed by atoms with E-state index in [0.717, 1.165) is 5.69 Å². The van der Waals surface area contributed by atoms with E-state index < -0.39 is 19.7 Å². The Morgan fingerprint density at radius 3 is 2.63 bits per heavy atom. The van der Waals surface area contributed by atoms with Gasteiger partial charge in [0, 0.05) is 34.6 Å². The molecule has 1 atom stereocenters. The van der Waals surface area contributed by atoms with Crippen LogP contribution in [0.2, 0.25) is 0 Å². The van der Waals surface area contributed by atoms with Crippen LogP contribution in [0.15, 0.2) is 58.8 Å². The molecule has 1 N–H and O–H groups in total. The van der Waals surface area contributed by atoms with Crippen LogP contribution >= 0.6 is 19.2 Å². The highest BCUT2D eigenvalue weighted by atomic mass is 35.5. The number of carbonyl (C=O) groups is 1. The highest BCUT2D eigenvalue weighted by Gasteiger charge is 2.28. The monoisotopic (exact) mass is 625 g/mol. The van der Waals surface area contributed by atoms with Gasteiger partial charge in [-0.2, -0.15) is 5.26 Å². The van der Waals surface area contributed by atoms with Gasteiger partial charge in [0.1, 0.15) is 18.0 Å². The molecule has 13 heteroatoms. The van der Waals surface area contributed by atoms with Gasteiger partial charge >= 0.3 is 7.60 Å². The van der Waals surface area contributed by atoms with Crippen molar-refractivity contribution in [1.29, 1.82) is 5.26 Å². The molecule has 1 unspecified atom stereocenters. The summed E-state index contributed by atoms with van der Waals surface area (Å²) < 4.78 is 35.2. The van der Waals surface area contributed by atoms with Gasteiger partial charge in [-0.3, -0.25) is 24.3 Å². The number of allylic oxidation sites excluding steroid dienone is 1. The van der Waals surface area contributed by atoms with Crippen LogP contribution < -0.4 is 10.1 Å². The zero-order valence-electron chi connectivity index (χ0n) is 24.2. The van der Waals surface area contributed by atoms with Crippen LogP contribution in [0.3, 0.4) is 0 Å². The summed E-state index contributed by atoms with van der Waals surface area (Å²) in [7, 11) is -3.63. The Balaban J connectivity index is 1.66. The molecular formula is C30H33ClN5O6P. The van der Waals surface area contributed by atoms with E-state index in [1.807, 2.05) is 25.1 Å². The second kappa shape index (κ2) is 15.2. The van der Waals surface area contributed by atoms with Crippen LogP contribution in [-0.4, -0.2) is 53.7 Å². The smallest absolute Gasteiger partial charge is 0.340 e. The summed E-state index contributed by atoms with van der Waals surface area (Å²) in [5.41, 5.74) is 2.91. The molecule has 2 heterocycles. The van der Waals surface area contributed by atoms with E-state index in [0.29, 0.717) is 64.8 Å². The Morgan fingerprint density at radius 2 is 1.98 bits per heavy atom. The summed E-state index contributed by atoms with van der Waals surface area (Å²) in [6, 6.07) is 11.1. The lowest BCUT2D eigenvalue weighted by Crippen LogP contribution is -2.20. The van der Waals surface area contributed by atoms with Crippen LogP contribution in [0, 0.1) is 11.3 Å². The second-order valence-corrected chi connectivity index (χ2v) is 11.9. The Bertz CT molecular complexity index is 1600. The Kier molecular flexibility index (Phi) is 11.4. The number of aromatic nitrogens is 2. The van der Waals surface area contributed by atoms with Gasteiger partial charge in [-0.05, 0) is 57.9 Å². The minimum atomic E-state index is -3.63. The fourth-order valence-corrected chi connectivity index (χ4v) is 6.25. The van der Waals surface area contributed by atoms with Crippen molar-refractivity contribution >= 4 is 53.1 Å².